The molecule has 0 radical (unpaired) electrons. The van der Waals surface area contributed by atoms with Crippen molar-refractivity contribution in [2.24, 2.45) is 0 Å². The highest BCUT2D eigenvalue weighted by atomic mass is 16.1. The molecule has 4 heterocycles. The first kappa shape index (κ1) is 15.1. The van der Waals surface area contributed by atoms with Gasteiger partial charge in [0.25, 0.3) is 5.91 Å². The number of hydrogen-bond acceptors (Lipinski definition) is 4. The summed E-state index contributed by atoms with van der Waals surface area (Å²) in [4.78, 5) is 25.4. The van der Waals surface area contributed by atoms with Gasteiger partial charge in [0, 0.05) is 36.0 Å². The van der Waals surface area contributed by atoms with E-state index in [0.29, 0.717) is 13.1 Å². The van der Waals surface area contributed by atoms with E-state index in [2.05, 4.69) is 27.8 Å². The number of amides is 1. The van der Waals surface area contributed by atoms with E-state index < -0.39 is 0 Å². The summed E-state index contributed by atoms with van der Waals surface area (Å²) in [5.74, 6) is 1.03. The third-order valence-corrected chi connectivity index (χ3v) is 5.14. The molecule has 4 bridgehead atoms. The first-order chi connectivity index (χ1) is 12.7. The molecule has 3 N–H and O–H groups in total. The Morgan fingerprint density at radius 2 is 2.04 bits per heavy atom. The van der Waals surface area contributed by atoms with Crippen molar-refractivity contribution in [1.82, 2.24) is 20.3 Å². The van der Waals surface area contributed by atoms with Gasteiger partial charge in [-0.05, 0) is 25.5 Å². The average molecular weight is 345 g/mol. The lowest BCUT2D eigenvalue weighted by molar-refractivity contribution is 0.0940. The number of carbonyl (C=O) groups excluding carboxylic acids is 1. The van der Waals surface area contributed by atoms with Crippen LogP contribution in [0.25, 0.3) is 22.3 Å². The normalized spacial score (nSPS) is 19.9. The summed E-state index contributed by atoms with van der Waals surface area (Å²) in [6.45, 7) is 3.32. The molecule has 26 heavy (non-hydrogen) atoms. The highest BCUT2D eigenvalue weighted by Crippen LogP contribution is 2.34. The second-order valence-corrected chi connectivity index (χ2v) is 6.84. The molecule has 2 aliphatic heterocycles. The zero-order chi connectivity index (χ0) is 17.7. The van der Waals surface area contributed by atoms with Gasteiger partial charge in [0.1, 0.15) is 11.3 Å². The Morgan fingerprint density at radius 3 is 2.96 bits per heavy atom. The minimum atomic E-state index is -0.0145. The van der Waals surface area contributed by atoms with Crippen molar-refractivity contribution in [3.8, 4) is 11.3 Å². The SMILES string of the molecule is Cc1nc2cccc3c2nc1NC/C=C/C[C@@H]1CNC(=O)c2cc-3[nH]c21. The number of hydrogen-bond donors (Lipinski definition) is 3. The molecule has 6 nitrogen and oxygen atoms in total. The van der Waals surface area contributed by atoms with Crippen LogP contribution in [0.2, 0.25) is 0 Å². The average Bonchev–Trinajstić information content (AvgIpc) is 3.09. The number of nitrogens with one attached hydrogen (secondary N) is 3. The molecule has 0 saturated carbocycles. The van der Waals surface area contributed by atoms with Crippen molar-refractivity contribution >= 4 is 22.8 Å². The lowest BCUT2D eigenvalue weighted by Gasteiger charge is -2.21. The molecule has 1 atom stereocenters. The van der Waals surface area contributed by atoms with E-state index in [0.717, 1.165) is 51.5 Å². The number of carbonyl (C=O) groups is 1. The zero-order valence-corrected chi connectivity index (χ0v) is 14.5. The summed E-state index contributed by atoms with van der Waals surface area (Å²) in [6, 6.07) is 7.92. The number of H-pyrrole nitrogens is 1. The molecule has 2 aromatic heterocycles. The number of anilines is 1. The van der Waals surface area contributed by atoms with E-state index in [-0.39, 0.29) is 11.8 Å². The molecular formula is C20H19N5O. The quantitative estimate of drug-likeness (QED) is 0.547. The summed E-state index contributed by atoms with van der Waals surface area (Å²) in [7, 11) is 0. The van der Waals surface area contributed by atoms with E-state index >= 15 is 0 Å². The minimum absolute atomic E-state index is 0.0145. The molecule has 1 amide bonds. The van der Waals surface area contributed by atoms with Crippen LogP contribution in [-0.4, -0.2) is 33.9 Å². The summed E-state index contributed by atoms with van der Waals surface area (Å²) in [5.41, 5.74) is 6.18. The van der Waals surface area contributed by atoms with Gasteiger partial charge < -0.3 is 15.6 Å². The lowest BCUT2D eigenvalue weighted by atomic mass is 9.94. The summed E-state index contributed by atoms with van der Waals surface area (Å²) in [5, 5.41) is 6.36. The third-order valence-electron chi connectivity index (χ3n) is 5.14. The molecule has 3 aromatic rings. The van der Waals surface area contributed by atoms with Gasteiger partial charge in [0.2, 0.25) is 0 Å². The van der Waals surface area contributed by atoms with Crippen LogP contribution in [-0.2, 0) is 0 Å². The maximum absolute atomic E-state index is 12.3. The minimum Gasteiger partial charge on any atom is -0.365 e. The van der Waals surface area contributed by atoms with Gasteiger partial charge in [-0.25, -0.2) is 9.97 Å². The fourth-order valence-electron chi connectivity index (χ4n) is 3.79. The standard InChI is InChI=1S/C20H19N5O/c1-11-19-21-8-3-2-5-12-10-22-20(26)14-9-16(24-17(12)14)13-6-4-7-15(23-11)18(13)25-19/h2-4,6-7,9,12,24H,5,8,10H2,1H3,(H,21,25)(H,22,26)/b3-2+/t12-/m1/s1. The van der Waals surface area contributed by atoms with E-state index in [4.69, 9.17) is 9.97 Å². The predicted molar refractivity (Wildman–Crippen MR) is 101 cm³/mol. The van der Waals surface area contributed by atoms with Gasteiger partial charge in [-0.3, -0.25) is 4.79 Å². The third kappa shape index (κ3) is 2.29. The Kier molecular flexibility index (Phi) is 3.31. The lowest BCUT2D eigenvalue weighted by Crippen LogP contribution is -2.34. The second-order valence-electron chi connectivity index (χ2n) is 6.84. The maximum Gasteiger partial charge on any atom is 0.253 e. The molecule has 6 heteroatoms. The largest absolute Gasteiger partial charge is 0.365 e. The topological polar surface area (TPSA) is 82.7 Å². The van der Waals surface area contributed by atoms with Crippen LogP contribution in [0.15, 0.2) is 36.4 Å². The van der Waals surface area contributed by atoms with Crippen molar-refractivity contribution in [1.29, 1.82) is 0 Å². The highest BCUT2D eigenvalue weighted by Gasteiger charge is 2.28. The van der Waals surface area contributed by atoms with Crippen LogP contribution >= 0.6 is 0 Å². The molecule has 0 fully saturated rings. The highest BCUT2D eigenvalue weighted by molar-refractivity contribution is 6.00. The van der Waals surface area contributed by atoms with Gasteiger partial charge in [0.05, 0.1) is 16.8 Å². The Bertz CT molecular complexity index is 1070. The second kappa shape index (κ2) is 5.69. The van der Waals surface area contributed by atoms with Crippen molar-refractivity contribution < 1.29 is 4.79 Å². The van der Waals surface area contributed by atoms with E-state index in [1.54, 1.807) is 0 Å². The smallest absolute Gasteiger partial charge is 0.253 e. The van der Waals surface area contributed by atoms with E-state index in [9.17, 15) is 4.79 Å². The number of rotatable bonds is 0. The molecule has 0 aliphatic carbocycles. The number of allylic oxidation sites excluding steroid dienone is 1. The van der Waals surface area contributed by atoms with Gasteiger partial charge in [0.15, 0.2) is 0 Å². The Labute approximate surface area is 150 Å². The molecule has 0 saturated heterocycles. The molecule has 1 aromatic carbocycles. The van der Waals surface area contributed by atoms with Crippen LogP contribution in [0.1, 0.15) is 34.1 Å². The Hall–Kier alpha value is -3.15. The van der Waals surface area contributed by atoms with Gasteiger partial charge in [-0.2, -0.15) is 0 Å². The van der Waals surface area contributed by atoms with Gasteiger partial charge in [-0.15, -0.1) is 0 Å². The van der Waals surface area contributed by atoms with Gasteiger partial charge in [-0.1, -0.05) is 24.3 Å². The number of aromatic amines is 1. The Morgan fingerprint density at radius 1 is 1.12 bits per heavy atom. The molecule has 0 spiro atoms. The molecule has 2 aliphatic rings. The first-order valence-corrected chi connectivity index (χ1v) is 8.88. The number of nitrogens with zero attached hydrogens (tertiary/aromatic N) is 2. The van der Waals surface area contributed by atoms with Crippen LogP contribution in [0.4, 0.5) is 5.82 Å². The molecule has 0 unspecified atom stereocenters. The van der Waals surface area contributed by atoms with Crippen LogP contribution in [0, 0.1) is 6.92 Å². The number of aryl methyl sites for hydroxylation is 1. The van der Waals surface area contributed by atoms with Gasteiger partial charge >= 0.3 is 0 Å². The summed E-state index contributed by atoms with van der Waals surface area (Å²) in [6.07, 6.45) is 5.14. The molecule has 5 rings (SSSR count). The van der Waals surface area contributed by atoms with E-state index in [1.807, 2.05) is 31.2 Å². The first-order valence-electron chi connectivity index (χ1n) is 8.88. The fourth-order valence-corrected chi connectivity index (χ4v) is 3.79. The van der Waals surface area contributed by atoms with Crippen molar-refractivity contribution in [2.45, 2.75) is 19.3 Å². The fraction of sp³-hybridized carbons (Fsp3) is 0.250. The van der Waals surface area contributed by atoms with Crippen LogP contribution in [0.3, 0.4) is 0 Å². The predicted octanol–water partition coefficient (Wildman–Crippen LogP) is 3.13. The number of benzene rings is 1. The maximum atomic E-state index is 12.3. The van der Waals surface area contributed by atoms with Crippen LogP contribution < -0.4 is 10.6 Å². The van der Waals surface area contributed by atoms with E-state index in [1.165, 1.54) is 0 Å². The van der Waals surface area contributed by atoms with Crippen molar-refractivity contribution in [2.75, 3.05) is 18.4 Å². The zero-order valence-electron chi connectivity index (χ0n) is 14.5. The number of fused-ring (bicyclic) bond motifs is 3. The Balaban J connectivity index is 1.79. The number of aromatic nitrogens is 3. The molecular weight excluding hydrogens is 326 g/mol. The number of para-hydroxylation sites is 1. The summed E-state index contributed by atoms with van der Waals surface area (Å²) < 4.78 is 0. The van der Waals surface area contributed by atoms with Crippen molar-refractivity contribution in [3.05, 3.63) is 53.4 Å². The summed E-state index contributed by atoms with van der Waals surface area (Å²) >= 11 is 0. The van der Waals surface area contributed by atoms with Crippen molar-refractivity contribution in [3.63, 3.8) is 0 Å². The van der Waals surface area contributed by atoms with Crippen LogP contribution in [0.5, 0.6) is 0 Å². The monoisotopic (exact) mass is 345 g/mol. The molecule has 130 valence electrons.